The van der Waals surface area contributed by atoms with E-state index in [2.05, 4.69) is 0 Å². The van der Waals surface area contributed by atoms with Crippen LogP contribution in [-0.2, 0) is 19.1 Å². The first kappa shape index (κ1) is 20.9. The van der Waals surface area contributed by atoms with Crippen molar-refractivity contribution in [2.45, 2.75) is 37.5 Å². The molecule has 2 heterocycles. The third-order valence-electron chi connectivity index (χ3n) is 6.43. The van der Waals surface area contributed by atoms with Gasteiger partial charge in [0, 0.05) is 26.6 Å². The lowest BCUT2D eigenvalue weighted by Crippen LogP contribution is -2.43. The number of hydrogen-bond acceptors (Lipinski definition) is 6. The van der Waals surface area contributed by atoms with Crippen molar-refractivity contribution in [1.29, 1.82) is 0 Å². The Kier molecular flexibility index (Phi) is 5.84. The molecule has 0 radical (unpaired) electrons. The number of amides is 1. The van der Waals surface area contributed by atoms with Gasteiger partial charge in [0.25, 0.3) is 5.91 Å². The standard InChI is InChI=1S/C23H30N2O5/c1-24(2)10-11-25-20(14-6-5-7-15(12-14)28-3)19-21(26)17-9-8-16(29-4)13-18(17)30-22(19)23(25)27/h5-7,12,16-18,20H,8-11,13H2,1-4H3. The second-order valence-electron chi connectivity index (χ2n) is 8.52. The smallest absolute Gasteiger partial charge is 0.290 e. The number of Topliss-reactive ketones (excluding diaryl/α,β-unsaturated/α-hetero) is 1. The Bertz CT molecular complexity index is 865. The van der Waals surface area contributed by atoms with E-state index in [4.69, 9.17) is 14.2 Å². The van der Waals surface area contributed by atoms with Crippen LogP contribution < -0.4 is 4.74 Å². The fraction of sp³-hybridized carbons (Fsp3) is 0.565. The van der Waals surface area contributed by atoms with Gasteiger partial charge >= 0.3 is 0 Å². The predicted octanol–water partition coefficient (Wildman–Crippen LogP) is 2.18. The summed E-state index contributed by atoms with van der Waals surface area (Å²) in [5.74, 6) is 0.550. The zero-order chi connectivity index (χ0) is 21.4. The minimum atomic E-state index is -0.448. The third kappa shape index (κ3) is 3.61. The highest BCUT2D eigenvalue weighted by Crippen LogP contribution is 2.47. The maximum Gasteiger partial charge on any atom is 0.290 e. The van der Waals surface area contributed by atoms with E-state index in [0.29, 0.717) is 30.8 Å². The van der Waals surface area contributed by atoms with E-state index in [0.717, 1.165) is 18.4 Å². The normalized spacial score (nSPS) is 28.5. The third-order valence-corrected chi connectivity index (χ3v) is 6.43. The number of benzene rings is 1. The van der Waals surface area contributed by atoms with Gasteiger partial charge in [-0.15, -0.1) is 0 Å². The summed E-state index contributed by atoms with van der Waals surface area (Å²) in [5, 5.41) is 0. The van der Waals surface area contributed by atoms with Crippen molar-refractivity contribution in [2.75, 3.05) is 41.4 Å². The molecular weight excluding hydrogens is 384 g/mol. The number of fused-ring (bicyclic) bond motifs is 1. The summed E-state index contributed by atoms with van der Waals surface area (Å²) in [6.45, 7) is 1.20. The Hall–Kier alpha value is -2.38. The molecule has 7 heteroatoms. The van der Waals surface area contributed by atoms with Gasteiger partial charge < -0.3 is 24.0 Å². The number of hydrogen-bond donors (Lipinski definition) is 0. The minimum absolute atomic E-state index is 0.0457. The molecule has 1 aliphatic carbocycles. The van der Waals surface area contributed by atoms with E-state index in [9.17, 15) is 9.59 Å². The molecule has 4 unspecified atom stereocenters. The molecule has 7 nitrogen and oxygen atoms in total. The monoisotopic (exact) mass is 414 g/mol. The number of carbonyl (C=O) groups is 2. The van der Waals surface area contributed by atoms with Crippen LogP contribution >= 0.6 is 0 Å². The molecule has 0 N–H and O–H groups in total. The molecule has 1 aromatic rings. The molecule has 162 valence electrons. The minimum Gasteiger partial charge on any atom is -0.497 e. The van der Waals surface area contributed by atoms with Gasteiger partial charge in [-0.25, -0.2) is 0 Å². The number of ketones is 1. The molecule has 1 amide bonds. The van der Waals surface area contributed by atoms with E-state index in [1.165, 1.54) is 0 Å². The van der Waals surface area contributed by atoms with Crippen LogP contribution in [0, 0.1) is 5.92 Å². The molecular formula is C23H30N2O5. The fourth-order valence-corrected chi connectivity index (χ4v) is 4.79. The van der Waals surface area contributed by atoms with Crippen molar-refractivity contribution in [1.82, 2.24) is 9.80 Å². The molecule has 0 bridgehead atoms. The number of methoxy groups -OCH3 is 2. The average Bonchev–Trinajstić information content (AvgIpc) is 3.04. The first-order valence-corrected chi connectivity index (χ1v) is 10.5. The highest BCUT2D eigenvalue weighted by molar-refractivity contribution is 6.11. The van der Waals surface area contributed by atoms with Crippen LogP contribution in [0.1, 0.15) is 30.9 Å². The zero-order valence-electron chi connectivity index (χ0n) is 18.1. The van der Waals surface area contributed by atoms with Gasteiger partial charge in [-0.05, 0) is 44.6 Å². The summed E-state index contributed by atoms with van der Waals surface area (Å²) in [6.07, 6.45) is 1.96. The van der Waals surface area contributed by atoms with Crippen LogP contribution in [0.25, 0.3) is 0 Å². The predicted molar refractivity (Wildman–Crippen MR) is 111 cm³/mol. The van der Waals surface area contributed by atoms with Gasteiger partial charge in [0.1, 0.15) is 11.9 Å². The number of ether oxygens (including phenoxy) is 3. The van der Waals surface area contributed by atoms with E-state index in [1.54, 1.807) is 19.1 Å². The maximum atomic E-state index is 13.6. The van der Waals surface area contributed by atoms with Crippen LogP contribution in [0.2, 0.25) is 0 Å². The number of nitrogens with zero attached hydrogens (tertiary/aromatic N) is 2. The van der Waals surface area contributed by atoms with Crippen molar-refractivity contribution in [3.05, 3.63) is 41.2 Å². The van der Waals surface area contributed by atoms with Gasteiger partial charge in [0.2, 0.25) is 0 Å². The molecule has 0 spiro atoms. The molecule has 1 fully saturated rings. The van der Waals surface area contributed by atoms with Crippen LogP contribution in [0.3, 0.4) is 0 Å². The van der Waals surface area contributed by atoms with Crippen molar-refractivity contribution in [2.24, 2.45) is 5.92 Å². The van der Waals surface area contributed by atoms with Crippen LogP contribution in [0.5, 0.6) is 5.75 Å². The number of rotatable bonds is 6. The van der Waals surface area contributed by atoms with E-state index in [1.807, 2.05) is 43.3 Å². The summed E-state index contributed by atoms with van der Waals surface area (Å²) in [6, 6.07) is 7.15. The topological polar surface area (TPSA) is 68.3 Å². The summed E-state index contributed by atoms with van der Waals surface area (Å²) in [7, 11) is 7.23. The van der Waals surface area contributed by atoms with E-state index in [-0.39, 0.29) is 35.6 Å². The van der Waals surface area contributed by atoms with E-state index < -0.39 is 6.04 Å². The van der Waals surface area contributed by atoms with Crippen molar-refractivity contribution < 1.29 is 23.8 Å². The first-order valence-electron chi connectivity index (χ1n) is 10.5. The number of likely N-dealkylation sites (N-methyl/N-ethyl adjacent to an activating group) is 1. The lowest BCUT2D eigenvalue weighted by Gasteiger charge is -2.38. The summed E-state index contributed by atoms with van der Waals surface area (Å²) >= 11 is 0. The Morgan fingerprint density at radius 1 is 1.20 bits per heavy atom. The SMILES string of the molecule is COc1cccc(C2C3=C(OC4CC(OC)CCC4C3=O)C(=O)N2CCN(C)C)c1. The Labute approximate surface area is 177 Å². The molecule has 1 saturated carbocycles. The molecule has 3 aliphatic rings. The Balaban J connectivity index is 1.73. The quantitative estimate of drug-likeness (QED) is 0.711. The van der Waals surface area contributed by atoms with Crippen LogP contribution in [0.15, 0.2) is 35.6 Å². The Morgan fingerprint density at radius 3 is 2.70 bits per heavy atom. The maximum absolute atomic E-state index is 13.6. The lowest BCUT2D eigenvalue weighted by atomic mass is 9.76. The zero-order valence-corrected chi connectivity index (χ0v) is 18.1. The molecule has 0 saturated heterocycles. The summed E-state index contributed by atoms with van der Waals surface area (Å²) < 4.78 is 17.1. The molecule has 4 rings (SSSR count). The fourth-order valence-electron chi connectivity index (χ4n) is 4.79. The summed E-state index contributed by atoms with van der Waals surface area (Å²) in [5.41, 5.74) is 1.37. The van der Waals surface area contributed by atoms with Gasteiger partial charge in [-0.1, -0.05) is 12.1 Å². The van der Waals surface area contributed by atoms with Gasteiger partial charge in [-0.2, -0.15) is 0 Å². The lowest BCUT2D eigenvalue weighted by molar-refractivity contribution is -0.138. The highest BCUT2D eigenvalue weighted by atomic mass is 16.5. The van der Waals surface area contributed by atoms with Crippen molar-refractivity contribution in [3.63, 3.8) is 0 Å². The average molecular weight is 415 g/mol. The van der Waals surface area contributed by atoms with Gasteiger partial charge in [-0.3, -0.25) is 9.59 Å². The molecule has 4 atom stereocenters. The van der Waals surface area contributed by atoms with E-state index >= 15 is 0 Å². The molecule has 0 aromatic heterocycles. The second kappa shape index (κ2) is 8.40. The van der Waals surface area contributed by atoms with Crippen LogP contribution in [-0.4, -0.2) is 75.1 Å². The van der Waals surface area contributed by atoms with Crippen molar-refractivity contribution >= 4 is 11.7 Å². The highest BCUT2D eigenvalue weighted by Gasteiger charge is 2.52. The molecule has 2 aliphatic heterocycles. The molecule has 1 aromatic carbocycles. The number of carbonyl (C=O) groups excluding carboxylic acids is 2. The van der Waals surface area contributed by atoms with Crippen LogP contribution in [0.4, 0.5) is 0 Å². The van der Waals surface area contributed by atoms with Gasteiger partial charge in [0.05, 0.1) is 30.7 Å². The first-order chi connectivity index (χ1) is 14.4. The largest absolute Gasteiger partial charge is 0.497 e. The van der Waals surface area contributed by atoms with Gasteiger partial charge in [0.15, 0.2) is 11.5 Å². The summed E-state index contributed by atoms with van der Waals surface area (Å²) in [4.78, 5) is 30.8. The molecule has 30 heavy (non-hydrogen) atoms. The Morgan fingerprint density at radius 2 is 2.00 bits per heavy atom. The second-order valence-corrected chi connectivity index (χ2v) is 8.52. The van der Waals surface area contributed by atoms with Crippen molar-refractivity contribution in [3.8, 4) is 5.75 Å².